The Hall–Kier alpha value is -1.52. The lowest BCUT2D eigenvalue weighted by Crippen LogP contribution is -1.94. The number of hydrogen-bond acceptors (Lipinski definition) is 2. The Kier molecular flexibility index (Phi) is 2.03. The highest BCUT2D eigenvalue weighted by molar-refractivity contribution is 5.34. The van der Waals surface area contributed by atoms with Crippen LogP contribution in [0.15, 0.2) is 12.1 Å². The number of rotatable bonds is 1. The summed E-state index contributed by atoms with van der Waals surface area (Å²) < 4.78 is 25.3. The summed E-state index contributed by atoms with van der Waals surface area (Å²) in [5.41, 5.74) is -0.781. The molecular formula is C7H5F2NO2. The van der Waals surface area contributed by atoms with E-state index in [4.69, 9.17) is 0 Å². The molecule has 1 rings (SSSR count). The van der Waals surface area contributed by atoms with Crippen LogP contribution in [0.2, 0.25) is 0 Å². The molecule has 0 aliphatic rings. The summed E-state index contributed by atoms with van der Waals surface area (Å²) in [6.45, 7) is 1.22. The molecule has 0 aromatic heterocycles. The van der Waals surface area contributed by atoms with Gasteiger partial charge < -0.3 is 0 Å². The van der Waals surface area contributed by atoms with Crippen LogP contribution in [0, 0.1) is 28.7 Å². The molecule has 3 nitrogen and oxygen atoms in total. The maximum Gasteiger partial charge on any atom is 0.275 e. The lowest BCUT2D eigenvalue weighted by atomic mass is 10.2. The second-order valence-electron chi connectivity index (χ2n) is 2.29. The summed E-state index contributed by atoms with van der Waals surface area (Å²) in [7, 11) is 0. The molecule has 1 aromatic rings. The first-order chi connectivity index (χ1) is 5.52. The smallest absolute Gasteiger partial charge is 0.258 e. The second kappa shape index (κ2) is 2.84. The minimum atomic E-state index is -0.901. The molecule has 0 spiro atoms. The Morgan fingerprint density at radius 1 is 1.33 bits per heavy atom. The molecule has 0 aliphatic carbocycles. The molecule has 0 saturated carbocycles. The Labute approximate surface area is 66.8 Å². The van der Waals surface area contributed by atoms with Crippen molar-refractivity contribution in [1.29, 1.82) is 0 Å². The van der Waals surface area contributed by atoms with Crippen molar-refractivity contribution in [3.05, 3.63) is 39.4 Å². The zero-order valence-corrected chi connectivity index (χ0v) is 6.17. The number of benzene rings is 1. The van der Waals surface area contributed by atoms with Crippen LogP contribution in [-0.4, -0.2) is 4.92 Å². The van der Waals surface area contributed by atoms with Gasteiger partial charge >= 0.3 is 0 Å². The van der Waals surface area contributed by atoms with Gasteiger partial charge in [0, 0.05) is 5.56 Å². The van der Waals surface area contributed by atoms with Gasteiger partial charge in [-0.2, -0.15) is 0 Å². The molecule has 0 aliphatic heterocycles. The van der Waals surface area contributed by atoms with Gasteiger partial charge in [-0.05, 0) is 6.92 Å². The SMILES string of the molecule is Cc1c(F)cc([N+](=O)[O-])cc1F. The van der Waals surface area contributed by atoms with E-state index in [1.54, 1.807) is 0 Å². The van der Waals surface area contributed by atoms with Gasteiger partial charge in [0.15, 0.2) is 0 Å². The monoisotopic (exact) mass is 173 g/mol. The average molecular weight is 173 g/mol. The normalized spacial score (nSPS) is 9.92. The minimum absolute atomic E-state index is 0.208. The summed E-state index contributed by atoms with van der Waals surface area (Å²) in [6.07, 6.45) is 0. The fourth-order valence-electron chi connectivity index (χ4n) is 0.737. The standard InChI is InChI=1S/C7H5F2NO2/c1-4-6(8)2-5(10(11)12)3-7(4)9/h2-3H,1H3. The first-order valence-electron chi connectivity index (χ1n) is 3.12. The molecule has 0 unspecified atom stereocenters. The van der Waals surface area contributed by atoms with Gasteiger partial charge in [0.1, 0.15) is 11.6 Å². The van der Waals surface area contributed by atoms with Gasteiger partial charge in [-0.15, -0.1) is 0 Å². The summed E-state index contributed by atoms with van der Waals surface area (Å²) in [6, 6.07) is 1.39. The summed E-state index contributed by atoms with van der Waals surface area (Å²) in [5.74, 6) is -1.80. The summed E-state index contributed by atoms with van der Waals surface area (Å²) >= 11 is 0. The fraction of sp³-hybridized carbons (Fsp3) is 0.143. The van der Waals surface area contributed by atoms with E-state index >= 15 is 0 Å². The predicted octanol–water partition coefficient (Wildman–Crippen LogP) is 2.18. The van der Waals surface area contributed by atoms with Crippen molar-refractivity contribution in [2.24, 2.45) is 0 Å². The van der Waals surface area contributed by atoms with E-state index < -0.39 is 22.2 Å². The van der Waals surface area contributed by atoms with Crippen molar-refractivity contribution >= 4 is 5.69 Å². The van der Waals surface area contributed by atoms with E-state index in [1.165, 1.54) is 6.92 Å². The third-order valence-corrected chi connectivity index (χ3v) is 1.48. The molecule has 12 heavy (non-hydrogen) atoms. The number of non-ortho nitro benzene ring substituents is 1. The van der Waals surface area contributed by atoms with E-state index in [2.05, 4.69) is 0 Å². The van der Waals surface area contributed by atoms with Crippen LogP contribution in [0.3, 0.4) is 0 Å². The van der Waals surface area contributed by atoms with Crippen molar-refractivity contribution in [1.82, 2.24) is 0 Å². The molecule has 0 saturated heterocycles. The largest absolute Gasteiger partial charge is 0.275 e. The third kappa shape index (κ3) is 1.39. The van der Waals surface area contributed by atoms with Crippen LogP contribution in [0.4, 0.5) is 14.5 Å². The van der Waals surface area contributed by atoms with Gasteiger partial charge in [-0.1, -0.05) is 0 Å². The van der Waals surface area contributed by atoms with Crippen LogP contribution in [0.1, 0.15) is 5.56 Å². The number of nitro groups is 1. The quantitative estimate of drug-likeness (QED) is 0.482. The third-order valence-electron chi connectivity index (χ3n) is 1.48. The molecule has 0 N–H and O–H groups in total. The highest BCUT2D eigenvalue weighted by Crippen LogP contribution is 2.19. The van der Waals surface area contributed by atoms with E-state index in [9.17, 15) is 18.9 Å². The molecular weight excluding hydrogens is 168 g/mol. The second-order valence-corrected chi connectivity index (χ2v) is 2.29. The summed E-state index contributed by atoms with van der Waals surface area (Å²) in [4.78, 5) is 9.25. The predicted molar refractivity (Wildman–Crippen MR) is 37.7 cm³/mol. The van der Waals surface area contributed by atoms with Crippen molar-refractivity contribution in [2.75, 3.05) is 0 Å². The maximum atomic E-state index is 12.7. The molecule has 64 valence electrons. The Bertz CT molecular complexity index is 315. The molecule has 0 heterocycles. The lowest BCUT2D eigenvalue weighted by molar-refractivity contribution is -0.385. The van der Waals surface area contributed by atoms with E-state index in [0.29, 0.717) is 12.1 Å². The molecule has 0 fully saturated rings. The summed E-state index contributed by atoms with van der Waals surface area (Å²) in [5, 5.41) is 10.1. The van der Waals surface area contributed by atoms with Crippen molar-refractivity contribution in [2.45, 2.75) is 6.92 Å². The molecule has 0 atom stereocenters. The lowest BCUT2D eigenvalue weighted by Gasteiger charge is -1.97. The van der Waals surface area contributed by atoms with Gasteiger partial charge in [-0.3, -0.25) is 10.1 Å². The molecule has 1 aromatic carbocycles. The Balaban J connectivity index is 3.31. The zero-order valence-electron chi connectivity index (χ0n) is 6.17. The maximum absolute atomic E-state index is 12.7. The van der Waals surface area contributed by atoms with Crippen LogP contribution in [0.25, 0.3) is 0 Å². The van der Waals surface area contributed by atoms with Gasteiger partial charge in [0.05, 0.1) is 17.1 Å². The Morgan fingerprint density at radius 3 is 2.08 bits per heavy atom. The van der Waals surface area contributed by atoms with Crippen LogP contribution in [0.5, 0.6) is 0 Å². The number of nitrogens with zero attached hydrogens (tertiary/aromatic N) is 1. The van der Waals surface area contributed by atoms with Gasteiger partial charge in [-0.25, -0.2) is 8.78 Å². The molecule has 0 radical (unpaired) electrons. The molecule has 5 heteroatoms. The van der Waals surface area contributed by atoms with Crippen molar-refractivity contribution in [3.8, 4) is 0 Å². The molecule has 0 bridgehead atoms. The highest BCUT2D eigenvalue weighted by atomic mass is 19.1. The fourth-order valence-corrected chi connectivity index (χ4v) is 0.737. The zero-order chi connectivity index (χ0) is 9.30. The van der Waals surface area contributed by atoms with Crippen LogP contribution >= 0.6 is 0 Å². The number of halogens is 2. The number of hydrogen-bond donors (Lipinski definition) is 0. The van der Waals surface area contributed by atoms with E-state index in [0.717, 1.165) is 0 Å². The van der Waals surface area contributed by atoms with Gasteiger partial charge in [0.25, 0.3) is 5.69 Å². The van der Waals surface area contributed by atoms with Crippen LogP contribution in [-0.2, 0) is 0 Å². The van der Waals surface area contributed by atoms with E-state index in [1.807, 2.05) is 0 Å². The molecule has 0 amide bonds. The topological polar surface area (TPSA) is 43.1 Å². The minimum Gasteiger partial charge on any atom is -0.258 e. The first kappa shape index (κ1) is 8.58. The average Bonchev–Trinajstić information content (AvgIpc) is 1.99. The van der Waals surface area contributed by atoms with Crippen molar-refractivity contribution in [3.63, 3.8) is 0 Å². The Morgan fingerprint density at radius 2 is 1.75 bits per heavy atom. The van der Waals surface area contributed by atoms with Gasteiger partial charge in [0.2, 0.25) is 0 Å². The highest BCUT2D eigenvalue weighted by Gasteiger charge is 2.13. The van der Waals surface area contributed by atoms with Crippen LogP contribution < -0.4 is 0 Å². The van der Waals surface area contributed by atoms with E-state index in [-0.39, 0.29) is 5.56 Å². The number of nitro benzene ring substituents is 1. The first-order valence-corrected chi connectivity index (χ1v) is 3.12. The van der Waals surface area contributed by atoms with Crippen molar-refractivity contribution < 1.29 is 13.7 Å².